The van der Waals surface area contributed by atoms with Crippen LogP contribution in [0.4, 0.5) is 5.69 Å². The van der Waals surface area contributed by atoms with Gasteiger partial charge in [0.25, 0.3) is 5.56 Å². The van der Waals surface area contributed by atoms with E-state index in [1.54, 1.807) is 24.3 Å². The predicted octanol–water partition coefficient (Wildman–Crippen LogP) is 3.11. The van der Waals surface area contributed by atoms with Crippen LogP contribution in [-0.4, -0.2) is 15.7 Å². The zero-order valence-corrected chi connectivity index (χ0v) is 14.0. The van der Waals surface area contributed by atoms with Crippen molar-refractivity contribution >= 4 is 38.3 Å². The third-order valence-corrected chi connectivity index (χ3v) is 3.95. The molecule has 1 amide bonds. The lowest BCUT2D eigenvalue weighted by Crippen LogP contribution is -2.30. The van der Waals surface area contributed by atoms with E-state index in [0.717, 1.165) is 15.6 Å². The number of hydrogen-bond donors (Lipinski definition) is 1. The van der Waals surface area contributed by atoms with E-state index in [4.69, 9.17) is 0 Å². The fourth-order valence-corrected chi connectivity index (χ4v) is 2.81. The molecule has 0 atom stereocenters. The molecule has 0 saturated heterocycles. The van der Waals surface area contributed by atoms with E-state index in [9.17, 15) is 9.59 Å². The number of aryl methyl sites for hydroxylation is 1. The summed E-state index contributed by atoms with van der Waals surface area (Å²) in [6.07, 6.45) is 0. The molecule has 1 N–H and O–H groups in total. The second-order valence-corrected chi connectivity index (χ2v) is 6.07. The van der Waals surface area contributed by atoms with Crippen molar-refractivity contribution in [2.24, 2.45) is 0 Å². The minimum absolute atomic E-state index is 0.128. The van der Waals surface area contributed by atoms with Crippen molar-refractivity contribution in [3.63, 3.8) is 0 Å². The van der Waals surface area contributed by atoms with Crippen LogP contribution in [-0.2, 0) is 11.3 Å². The van der Waals surface area contributed by atoms with Crippen LogP contribution >= 0.6 is 15.9 Å². The van der Waals surface area contributed by atoms with Crippen molar-refractivity contribution < 1.29 is 4.79 Å². The third-order valence-electron chi connectivity index (χ3n) is 3.45. The number of anilines is 1. The van der Waals surface area contributed by atoms with Crippen molar-refractivity contribution in [3.8, 4) is 0 Å². The Bertz CT molecular complexity index is 950. The van der Waals surface area contributed by atoms with Crippen LogP contribution in [0, 0.1) is 6.92 Å². The Balaban J connectivity index is 1.88. The summed E-state index contributed by atoms with van der Waals surface area (Å²) in [4.78, 5) is 24.6. The first-order chi connectivity index (χ1) is 11.0. The van der Waals surface area contributed by atoms with Crippen LogP contribution in [0.5, 0.6) is 0 Å². The summed E-state index contributed by atoms with van der Waals surface area (Å²) in [5.41, 5.74) is 1.11. The lowest BCUT2D eigenvalue weighted by molar-refractivity contribution is -0.117. The maximum absolute atomic E-state index is 12.4. The van der Waals surface area contributed by atoms with Gasteiger partial charge in [-0.1, -0.05) is 40.2 Å². The van der Waals surface area contributed by atoms with Gasteiger partial charge >= 0.3 is 0 Å². The average molecular weight is 372 g/mol. The highest BCUT2D eigenvalue weighted by Gasteiger charge is 2.11. The second-order valence-electron chi connectivity index (χ2n) is 5.15. The first-order valence-electron chi connectivity index (χ1n) is 7.06. The molecule has 3 aromatic rings. The van der Waals surface area contributed by atoms with Gasteiger partial charge in [0.2, 0.25) is 5.91 Å². The molecule has 116 valence electrons. The van der Waals surface area contributed by atoms with Gasteiger partial charge in [-0.05, 0) is 31.2 Å². The maximum atomic E-state index is 12.4. The van der Waals surface area contributed by atoms with E-state index in [2.05, 4.69) is 26.3 Å². The number of nitrogens with one attached hydrogen (secondary N) is 1. The van der Waals surface area contributed by atoms with Crippen molar-refractivity contribution in [1.29, 1.82) is 0 Å². The SMILES string of the molecule is Cc1nn(CC(=O)Nc2cccc(Br)c2)c(=O)c2ccccc12. The summed E-state index contributed by atoms with van der Waals surface area (Å²) >= 11 is 3.35. The normalized spacial score (nSPS) is 10.7. The zero-order valence-electron chi connectivity index (χ0n) is 12.4. The summed E-state index contributed by atoms with van der Waals surface area (Å²) in [6.45, 7) is 1.70. The molecule has 0 bridgehead atoms. The van der Waals surface area contributed by atoms with Gasteiger partial charge in [-0.3, -0.25) is 9.59 Å². The molecule has 0 unspecified atom stereocenters. The quantitative estimate of drug-likeness (QED) is 0.769. The Kier molecular flexibility index (Phi) is 4.25. The highest BCUT2D eigenvalue weighted by Crippen LogP contribution is 2.16. The number of hydrogen-bond acceptors (Lipinski definition) is 3. The number of halogens is 1. The number of nitrogens with zero attached hydrogens (tertiary/aromatic N) is 2. The van der Waals surface area contributed by atoms with Crippen molar-refractivity contribution in [1.82, 2.24) is 9.78 Å². The van der Waals surface area contributed by atoms with Gasteiger partial charge in [-0.2, -0.15) is 5.10 Å². The van der Waals surface area contributed by atoms with Crippen LogP contribution < -0.4 is 10.9 Å². The molecule has 0 spiro atoms. The summed E-state index contributed by atoms with van der Waals surface area (Å²) in [5, 5.41) is 8.36. The van der Waals surface area contributed by atoms with Crippen molar-refractivity contribution in [3.05, 3.63) is 69.1 Å². The maximum Gasteiger partial charge on any atom is 0.275 e. The summed E-state index contributed by atoms with van der Waals surface area (Å²) in [6, 6.07) is 14.5. The second kappa shape index (κ2) is 6.34. The molecule has 3 rings (SSSR count). The number of carbonyl (C=O) groups is 1. The Labute approximate surface area is 141 Å². The summed E-state index contributed by atoms with van der Waals surface area (Å²) < 4.78 is 2.07. The summed E-state index contributed by atoms with van der Waals surface area (Å²) in [7, 11) is 0. The Hall–Kier alpha value is -2.47. The van der Waals surface area contributed by atoms with E-state index in [1.807, 2.05) is 31.2 Å². The molecule has 0 radical (unpaired) electrons. The van der Waals surface area contributed by atoms with Gasteiger partial charge in [-0.15, -0.1) is 0 Å². The minimum atomic E-state index is -0.299. The molecule has 0 aliphatic carbocycles. The van der Waals surface area contributed by atoms with E-state index >= 15 is 0 Å². The molecule has 2 aromatic carbocycles. The van der Waals surface area contributed by atoms with E-state index in [-0.39, 0.29) is 18.0 Å². The van der Waals surface area contributed by atoms with Crippen LogP contribution in [0.2, 0.25) is 0 Å². The van der Waals surface area contributed by atoms with E-state index in [1.165, 1.54) is 4.68 Å². The smallest absolute Gasteiger partial charge is 0.275 e. The van der Waals surface area contributed by atoms with E-state index < -0.39 is 0 Å². The molecule has 23 heavy (non-hydrogen) atoms. The minimum Gasteiger partial charge on any atom is -0.324 e. The van der Waals surface area contributed by atoms with Gasteiger partial charge in [0, 0.05) is 15.5 Å². The number of aromatic nitrogens is 2. The molecule has 0 saturated carbocycles. The molecule has 0 aliphatic heterocycles. The number of fused-ring (bicyclic) bond motifs is 1. The molecular weight excluding hydrogens is 358 g/mol. The van der Waals surface area contributed by atoms with E-state index in [0.29, 0.717) is 11.1 Å². The highest BCUT2D eigenvalue weighted by atomic mass is 79.9. The topological polar surface area (TPSA) is 64.0 Å². The number of carbonyl (C=O) groups excluding carboxylic acids is 1. The molecule has 0 aliphatic rings. The average Bonchev–Trinajstić information content (AvgIpc) is 2.52. The van der Waals surface area contributed by atoms with Crippen molar-refractivity contribution in [2.75, 3.05) is 5.32 Å². The molecule has 1 aromatic heterocycles. The first kappa shape index (κ1) is 15.4. The zero-order chi connectivity index (χ0) is 16.4. The molecular formula is C17H14BrN3O2. The fourth-order valence-electron chi connectivity index (χ4n) is 2.41. The van der Waals surface area contributed by atoms with Crippen LogP contribution in [0.15, 0.2) is 57.8 Å². The fraction of sp³-hybridized carbons (Fsp3) is 0.118. The van der Waals surface area contributed by atoms with Crippen molar-refractivity contribution in [2.45, 2.75) is 13.5 Å². The number of benzene rings is 2. The Morgan fingerprint density at radius 1 is 1.17 bits per heavy atom. The Morgan fingerprint density at radius 2 is 1.91 bits per heavy atom. The number of amides is 1. The molecule has 0 fully saturated rings. The van der Waals surface area contributed by atoms with Gasteiger partial charge in [-0.25, -0.2) is 4.68 Å². The molecule has 1 heterocycles. The molecule has 5 nitrogen and oxygen atoms in total. The standard InChI is InChI=1S/C17H14BrN3O2/c1-11-14-7-2-3-8-15(14)17(23)21(20-11)10-16(22)19-13-6-4-5-12(18)9-13/h2-9H,10H2,1H3,(H,19,22). The van der Waals surface area contributed by atoms with Gasteiger partial charge < -0.3 is 5.32 Å². The Morgan fingerprint density at radius 3 is 2.65 bits per heavy atom. The predicted molar refractivity (Wildman–Crippen MR) is 93.5 cm³/mol. The van der Waals surface area contributed by atoms with Crippen LogP contribution in [0.3, 0.4) is 0 Å². The monoisotopic (exact) mass is 371 g/mol. The van der Waals surface area contributed by atoms with Gasteiger partial charge in [0.1, 0.15) is 6.54 Å². The van der Waals surface area contributed by atoms with Crippen LogP contribution in [0.25, 0.3) is 10.8 Å². The number of rotatable bonds is 3. The van der Waals surface area contributed by atoms with Gasteiger partial charge in [0.05, 0.1) is 11.1 Å². The largest absolute Gasteiger partial charge is 0.324 e. The van der Waals surface area contributed by atoms with Crippen LogP contribution in [0.1, 0.15) is 5.69 Å². The van der Waals surface area contributed by atoms with Gasteiger partial charge in [0.15, 0.2) is 0 Å². The first-order valence-corrected chi connectivity index (χ1v) is 7.86. The third kappa shape index (κ3) is 3.32. The lowest BCUT2D eigenvalue weighted by atomic mass is 10.1. The summed E-state index contributed by atoms with van der Waals surface area (Å²) in [5.74, 6) is -0.299. The highest BCUT2D eigenvalue weighted by molar-refractivity contribution is 9.10. The molecule has 6 heteroatoms. The lowest BCUT2D eigenvalue weighted by Gasteiger charge is -2.09.